The van der Waals surface area contributed by atoms with E-state index < -0.39 is 60.6 Å². The number of nitrogens with one attached hydrogen (secondary N) is 2. The van der Waals surface area contributed by atoms with Crippen molar-refractivity contribution in [2.75, 3.05) is 13.1 Å². The zero-order chi connectivity index (χ0) is 20.0. The van der Waals surface area contributed by atoms with Crippen LogP contribution >= 0.6 is 0 Å². The van der Waals surface area contributed by atoms with E-state index in [4.69, 9.17) is 10.8 Å². The number of carboxylic acid groups (broad SMARTS) is 1. The molecule has 0 bridgehead atoms. The van der Waals surface area contributed by atoms with E-state index in [1.165, 1.54) is 18.7 Å². The Morgan fingerprint density at radius 2 is 1.81 bits per heavy atom. The largest absolute Gasteiger partial charge is 0.480 e. The van der Waals surface area contributed by atoms with Crippen molar-refractivity contribution in [3.05, 3.63) is 0 Å². The van der Waals surface area contributed by atoms with Crippen molar-refractivity contribution >= 4 is 23.7 Å². The summed E-state index contributed by atoms with van der Waals surface area (Å²) in [4.78, 5) is 48.5. The van der Waals surface area contributed by atoms with E-state index in [0.29, 0.717) is 12.8 Å². The number of aliphatic hydroxyl groups excluding tert-OH is 2. The maximum Gasteiger partial charge on any atom is 0.322 e. The fraction of sp³-hybridized carbons (Fsp3) is 0.733. The fourth-order valence-corrected chi connectivity index (χ4v) is 2.63. The highest BCUT2D eigenvalue weighted by atomic mass is 16.4. The van der Waals surface area contributed by atoms with Gasteiger partial charge in [0.05, 0.1) is 12.2 Å². The molecule has 0 aliphatic carbocycles. The van der Waals surface area contributed by atoms with Crippen LogP contribution < -0.4 is 16.4 Å². The molecule has 0 aromatic carbocycles. The second kappa shape index (κ2) is 9.46. The third kappa shape index (κ3) is 5.64. The Morgan fingerprint density at radius 1 is 1.19 bits per heavy atom. The van der Waals surface area contributed by atoms with Crippen LogP contribution in [-0.4, -0.2) is 87.3 Å². The quantitative estimate of drug-likeness (QED) is 0.256. The Balaban J connectivity index is 2.80. The van der Waals surface area contributed by atoms with Crippen molar-refractivity contribution in [2.45, 2.75) is 57.0 Å². The minimum absolute atomic E-state index is 0.280. The van der Waals surface area contributed by atoms with Gasteiger partial charge in [0.1, 0.15) is 24.7 Å². The first kappa shape index (κ1) is 21.8. The Labute approximate surface area is 150 Å². The number of hydrogen-bond donors (Lipinski definition) is 6. The maximum absolute atomic E-state index is 12.5. The summed E-state index contributed by atoms with van der Waals surface area (Å²) in [6.45, 7) is 2.26. The molecule has 0 radical (unpaired) electrons. The first-order valence-corrected chi connectivity index (χ1v) is 8.28. The van der Waals surface area contributed by atoms with Crippen LogP contribution in [0.1, 0.15) is 26.7 Å². The predicted molar refractivity (Wildman–Crippen MR) is 88.6 cm³/mol. The van der Waals surface area contributed by atoms with Crippen LogP contribution in [0.15, 0.2) is 0 Å². The first-order chi connectivity index (χ1) is 12.1. The zero-order valence-electron chi connectivity index (χ0n) is 14.7. The lowest BCUT2D eigenvalue weighted by molar-refractivity contribution is -0.143. The number of carbonyl (C=O) groups excluding carboxylic acids is 3. The van der Waals surface area contributed by atoms with Crippen molar-refractivity contribution in [1.82, 2.24) is 15.5 Å². The smallest absolute Gasteiger partial charge is 0.322 e. The van der Waals surface area contributed by atoms with Gasteiger partial charge in [-0.1, -0.05) is 0 Å². The molecule has 0 saturated carbocycles. The number of nitrogens with zero attached hydrogens (tertiary/aromatic N) is 1. The molecule has 11 heteroatoms. The molecule has 1 heterocycles. The molecule has 1 saturated heterocycles. The van der Waals surface area contributed by atoms with Gasteiger partial charge >= 0.3 is 5.97 Å². The van der Waals surface area contributed by atoms with Crippen molar-refractivity contribution < 1.29 is 34.5 Å². The van der Waals surface area contributed by atoms with Crippen molar-refractivity contribution in [3.63, 3.8) is 0 Å². The van der Waals surface area contributed by atoms with Gasteiger partial charge in [0.2, 0.25) is 17.7 Å². The van der Waals surface area contributed by atoms with Crippen LogP contribution in [0.3, 0.4) is 0 Å². The van der Waals surface area contributed by atoms with Gasteiger partial charge in [-0.3, -0.25) is 19.2 Å². The van der Waals surface area contributed by atoms with Gasteiger partial charge in [0.15, 0.2) is 0 Å². The SMILES string of the molecule is CC(O)C(N)C(=O)N1CCCC1C(=O)NC(C(=O)NCC(=O)O)C(C)O. The standard InChI is InChI=1S/C15H26N4O7/c1-7(20)11(16)15(26)19-5-3-4-9(19)13(24)18-12(8(2)21)14(25)17-6-10(22)23/h7-9,11-12,20-21H,3-6,16H2,1-2H3,(H,17,25)(H,18,24)(H,22,23). The highest BCUT2D eigenvalue weighted by Gasteiger charge is 2.39. The van der Waals surface area contributed by atoms with E-state index in [2.05, 4.69) is 10.6 Å². The molecule has 0 spiro atoms. The van der Waals surface area contributed by atoms with Gasteiger partial charge in [-0.15, -0.1) is 0 Å². The Kier molecular flexibility index (Phi) is 7.93. The van der Waals surface area contributed by atoms with E-state index in [1.54, 1.807) is 0 Å². The molecule has 5 unspecified atom stereocenters. The summed E-state index contributed by atoms with van der Waals surface area (Å²) in [5.41, 5.74) is 5.64. The molecule has 0 aromatic rings. The summed E-state index contributed by atoms with van der Waals surface area (Å²) < 4.78 is 0. The van der Waals surface area contributed by atoms with Gasteiger partial charge in [-0.05, 0) is 26.7 Å². The van der Waals surface area contributed by atoms with Crippen LogP contribution in [0, 0.1) is 0 Å². The summed E-state index contributed by atoms with van der Waals surface area (Å²) in [6.07, 6.45) is -1.48. The van der Waals surface area contributed by atoms with E-state index >= 15 is 0 Å². The lowest BCUT2D eigenvalue weighted by Crippen LogP contribution is -2.59. The monoisotopic (exact) mass is 374 g/mol. The number of rotatable bonds is 8. The molecule has 11 nitrogen and oxygen atoms in total. The van der Waals surface area contributed by atoms with Gasteiger partial charge in [-0.2, -0.15) is 0 Å². The van der Waals surface area contributed by atoms with Gasteiger partial charge in [-0.25, -0.2) is 0 Å². The summed E-state index contributed by atoms with van der Waals surface area (Å²) >= 11 is 0. The van der Waals surface area contributed by atoms with E-state index in [-0.39, 0.29) is 6.54 Å². The van der Waals surface area contributed by atoms with Crippen molar-refractivity contribution in [1.29, 1.82) is 0 Å². The fourth-order valence-electron chi connectivity index (χ4n) is 2.63. The molecule has 0 aromatic heterocycles. The molecule has 26 heavy (non-hydrogen) atoms. The molecule has 1 rings (SSSR count). The third-order valence-corrected chi connectivity index (χ3v) is 4.12. The molecule has 5 atom stereocenters. The number of carboxylic acids is 1. The normalized spacial score (nSPS) is 21.4. The molecule has 7 N–H and O–H groups in total. The number of hydrogen-bond acceptors (Lipinski definition) is 7. The topological polar surface area (TPSA) is 182 Å². The highest BCUT2D eigenvalue weighted by Crippen LogP contribution is 2.19. The molecule has 1 aliphatic heterocycles. The number of likely N-dealkylation sites (tertiary alicyclic amines) is 1. The molecule has 1 aliphatic rings. The maximum atomic E-state index is 12.5. The lowest BCUT2D eigenvalue weighted by atomic mass is 10.1. The summed E-state index contributed by atoms with van der Waals surface area (Å²) in [6, 6.07) is -3.43. The highest BCUT2D eigenvalue weighted by molar-refractivity contribution is 5.94. The number of amides is 3. The van der Waals surface area contributed by atoms with Crippen LogP contribution in [0.4, 0.5) is 0 Å². The van der Waals surface area contributed by atoms with Gasteiger partial charge in [0, 0.05) is 6.54 Å². The predicted octanol–water partition coefficient (Wildman–Crippen LogP) is -3.25. The van der Waals surface area contributed by atoms with E-state index in [0.717, 1.165) is 0 Å². The van der Waals surface area contributed by atoms with Crippen molar-refractivity contribution in [3.8, 4) is 0 Å². The van der Waals surface area contributed by atoms with Crippen LogP contribution in [0.25, 0.3) is 0 Å². The zero-order valence-corrected chi connectivity index (χ0v) is 14.7. The molecule has 3 amide bonds. The average molecular weight is 374 g/mol. The summed E-state index contributed by atoms with van der Waals surface area (Å²) in [5.74, 6) is -3.37. The molecular formula is C15H26N4O7. The molecular weight excluding hydrogens is 348 g/mol. The van der Waals surface area contributed by atoms with Gasteiger partial charge in [0.25, 0.3) is 0 Å². The third-order valence-electron chi connectivity index (χ3n) is 4.12. The second-order valence-electron chi connectivity index (χ2n) is 6.29. The van der Waals surface area contributed by atoms with E-state index in [9.17, 15) is 29.4 Å². The van der Waals surface area contributed by atoms with Crippen LogP contribution in [-0.2, 0) is 19.2 Å². The number of aliphatic hydroxyl groups is 2. The van der Waals surface area contributed by atoms with Gasteiger partial charge < -0.3 is 36.6 Å². The number of nitrogens with two attached hydrogens (primary N) is 1. The van der Waals surface area contributed by atoms with E-state index in [1.807, 2.05) is 0 Å². The first-order valence-electron chi connectivity index (χ1n) is 8.28. The van der Waals surface area contributed by atoms with Crippen LogP contribution in [0.2, 0.25) is 0 Å². The Bertz CT molecular complexity index is 552. The van der Waals surface area contributed by atoms with Crippen molar-refractivity contribution in [2.24, 2.45) is 5.73 Å². The summed E-state index contributed by atoms with van der Waals surface area (Å²) in [5, 5.41) is 32.2. The number of carbonyl (C=O) groups is 4. The number of aliphatic carboxylic acids is 1. The summed E-state index contributed by atoms with van der Waals surface area (Å²) in [7, 11) is 0. The molecule has 1 fully saturated rings. The second-order valence-corrected chi connectivity index (χ2v) is 6.29. The minimum Gasteiger partial charge on any atom is -0.480 e. The molecule has 148 valence electrons. The van der Waals surface area contributed by atoms with Crippen LogP contribution in [0.5, 0.6) is 0 Å². The Morgan fingerprint density at radius 3 is 2.31 bits per heavy atom. The minimum atomic E-state index is -1.37. The Hall–Kier alpha value is -2.24. The average Bonchev–Trinajstić information content (AvgIpc) is 3.05. The lowest BCUT2D eigenvalue weighted by Gasteiger charge is -2.29.